The van der Waals surface area contributed by atoms with Gasteiger partial charge >= 0.3 is 0 Å². The van der Waals surface area contributed by atoms with Crippen molar-refractivity contribution in [2.45, 2.75) is 11.9 Å². The topological polar surface area (TPSA) is 67.6 Å². The predicted octanol–water partition coefficient (Wildman–Crippen LogP) is 2.36. The molecule has 4 nitrogen and oxygen atoms in total. The monoisotopic (exact) mass is 244 g/mol. The van der Waals surface area contributed by atoms with Gasteiger partial charge in [0.2, 0.25) is 0 Å². The number of nitrogens with two attached hydrogens (primary N) is 1. The van der Waals surface area contributed by atoms with Gasteiger partial charge < -0.3 is 5.73 Å². The Morgan fingerprint density at radius 3 is 2.47 bits per heavy atom. The number of thioether (sulfide) groups is 1. The van der Waals surface area contributed by atoms with Gasteiger partial charge in [0.05, 0.1) is 5.69 Å². The van der Waals surface area contributed by atoms with Gasteiger partial charge in [0.1, 0.15) is 22.5 Å². The molecule has 1 aromatic heterocycles. The van der Waals surface area contributed by atoms with Crippen LogP contribution >= 0.6 is 11.8 Å². The first-order valence-corrected chi connectivity index (χ1v) is 6.29. The van der Waals surface area contributed by atoms with Crippen LogP contribution in [-0.2, 0) is 0 Å². The zero-order valence-electron chi connectivity index (χ0n) is 9.64. The van der Waals surface area contributed by atoms with Gasteiger partial charge in [-0.15, -0.1) is 11.8 Å². The summed E-state index contributed by atoms with van der Waals surface area (Å²) >= 11 is 1.42. The van der Waals surface area contributed by atoms with E-state index >= 15 is 0 Å². The van der Waals surface area contributed by atoms with Gasteiger partial charge in [-0.25, -0.2) is 4.68 Å². The normalized spacial score (nSPS) is 10.2. The molecule has 0 amide bonds. The van der Waals surface area contributed by atoms with Crippen molar-refractivity contribution in [3.63, 3.8) is 0 Å². The molecule has 5 heteroatoms. The summed E-state index contributed by atoms with van der Waals surface area (Å²) in [4.78, 5) is 0. The second kappa shape index (κ2) is 4.52. The van der Waals surface area contributed by atoms with Crippen LogP contribution in [0.4, 0.5) is 5.82 Å². The van der Waals surface area contributed by atoms with E-state index in [1.165, 1.54) is 17.3 Å². The summed E-state index contributed by atoms with van der Waals surface area (Å²) in [5, 5.41) is 14.0. The molecule has 0 unspecified atom stereocenters. The van der Waals surface area contributed by atoms with E-state index < -0.39 is 0 Å². The lowest BCUT2D eigenvalue weighted by atomic mass is 10.2. The maximum atomic E-state index is 9.04. The molecule has 0 aliphatic rings. The van der Waals surface area contributed by atoms with E-state index in [1.54, 1.807) is 4.68 Å². The molecule has 0 saturated heterocycles. The van der Waals surface area contributed by atoms with E-state index in [-0.39, 0.29) is 0 Å². The average Bonchev–Trinajstić information content (AvgIpc) is 2.66. The number of hydrogen-bond acceptors (Lipinski definition) is 4. The number of rotatable bonds is 2. The highest BCUT2D eigenvalue weighted by molar-refractivity contribution is 7.98. The summed E-state index contributed by atoms with van der Waals surface area (Å²) in [5.41, 5.74) is 8.40. The van der Waals surface area contributed by atoms with Crippen molar-refractivity contribution in [3.8, 4) is 11.8 Å². The van der Waals surface area contributed by atoms with Gasteiger partial charge in [0, 0.05) is 0 Å². The molecule has 0 saturated carbocycles. The van der Waals surface area contributed by atoms with E-state index in [0.717, 1.165) is 5.69 Å². The van der Waals surface area contributed by atoms with E-state index in [0.29, 0.717) is 16.4 Å². The standard InChI is InChI=1S/C12H12N4S/c1-8-3-5-9(6-4-8)16-11(14)10(7-13)12(15-16)17-2/h3-6H,14H2,1-2H3. The van der Waals surface area contributed by atoms with E-state index in [9.17, 15) is 0 Å². The number of anilines is 1. The zero-order chi connectivity index (χ0) is 12.4. The maximum Gasteiger partial charge on any atom is 0.146 e. The first-order chi connectivity index (χ1) is 8.17. The van der Waals surface area contributed by atoms with Gasteiger partial charge in [0.15, 0.2) is 0 Å². The third-order valence-electron chi connectivity index (χ3n) is 2.47. The summed E-state index contributed by atoms with van der Waals surface area (Å²) in [5.74, 6) is 0.390. The van der Waals surface area contributed by atoms with Crippen LogP contribution in [0.15, 0.2) is 29.3 Å². The molecule has 0 aliphatic heterocycles. The van der Waals surface area contributed by atoms with Crippen LogP contribution in [0.3, 0.4) is 0 Å². The highest BCUT2D eigenvalue weighted by Crippen LogP contribution is 2.26. The smallest absolute Gasteiger partial charge is 0.146 e. The molecule has 0 spiro atoms. The van der Waals surface area contributed by atoms with Crippen molar-refractivity contribution >= 4 is 17.6 Å². The average molecular weight is 244 g/mol. The van der Waals surface area contributed by atoms with Crippen LogP contribution < -0.4 is 5.73 Å². The number of nitrogen functional groups attached to an aromatic ring is 1. The molecule has 17 heavy (non-hydrogen) atoms. The first-order valence-electron chi connectivity index (χ1n) is 5.07. The molecule has 1 aromatic carbocycles. The highest BCUT2D eigenvalue weighted by atomic mass is 32.2. The van der Waals surface area contributed by atoms with Crippen molar-refractivity contribution in [2.75, 3.05) is 12.0 Å². The molecule has 0 aliphatic carbocycles. The van der Waals surface area contributed by atoms with Gasteiger partial charge in [-0.2, -0.15) is 10.4 Å². The first kappa shape index (κ1) is 11.6. The van der Waals surface area contributed by atoms with Gasteiger partial charge in [-0.1, -0.05) is 17.7 Å². The largest absolute Gasteiger partial charge is 0.382 e. The molecule has 0 radical (unpaired) electrons. The van der Waals surface area contributed by atoms with Crippen LogP contribution in [0.5, 0.6) is 0 Å². The number of aromatic nitrogens is 2. The lowest BCUT2D eigenvalue weighted by Gasteiger charge is -2.03. The zero-order valence-corrected chi connectivity index (χ0v) is 10.5. The van der Waals surface area contributed by atoms with E-state index in [4.69, 9.17) is 11.0 Å². The van der Waals surface area contributed by atoms with Gasteiger partial charge in [-0.05, 0) is 25.3 Å². The summed E-state index contributed by atoms with van der Waals surface area (Å²) in [6, 6.07) is 9.93. The third kappa shape index (κ3) is 1.99. The van der Waals surface area contributed by atoms with E-state index in [2.05, 4.69) is 11.2 Å². The summed E-state index contributed by atoms with van der Waals surface area (Å²) in [6.07, 6.45) is 1.88. The Hall–Kier alpha value is -1.93. The molecule has 1 heterocycles. The Labute approximate surface area is 104 Å². The SMILES string of the molecule is CSc1nn(-c2ccc(C)cc2)c(N)c1C#N. The molecule has 0 bridgehead atoms. The predicted molar refractivity (Wildman–Crippen MR) is 69.2 cm³/mol. The summed E-state index contributed by atoms with van der Waals surface area (Å²) in [7, 11) is 0. The fourth-order valence-electron chi connectivity index (χ4n) is 1.54. The minimum Gasteiger partial charge on any atom is -0.382 e. The fourth-order valence-corrected chi connectivity index (χ4v) is 2.06. The van der Waals surface area contributed by atoms with Crippen LogP contribution in [-0.4, -0.2) is 16.0 Å². The van der Waals surface area contributed by atoms with Crippen molar-refractivity contribution in [3.05, 3.63) is 35.4 Å². The molecule has 2 aromatic rings. The second-order valence-electron chi connectivity index (χ2n) is 3.63. The quantitative estimate of drug-likeness (QED) is 0.823. The number of aryl methyl sites for hydroxylation is 1. The van der Waals surface area contributed by atoms with Crippen LogP contribution in [0.2, 0.25) is 0 Å². The molecular formula is C12H12N4S. The van der Waals surface area contributed by atoms with Crippen molar-refractivity contribution in [2.24, 2.45) is 0 Å². The van der Waals surface area contributed by atoms with Crippen LogP contribution in [0.25, 0.3) is 5.69 Å². The Balaban J connectivity index is 2.57. The molecule has 2 rings (SSSR count). The minimum absolute atomic E-state index is 0.390. The lowest BCUT2D eigenvalue weighted by Crippen LogP contribution is -2.02. The maximum absolute atomic E-state index is 9.04. The third-order valence-corrected chi connectivity index (χ3v) is 3.15. The number of nitriles is 1. The van der Waals surface area contributed by atoms with Gasteiger partial charge in [0.25, 0.3) is 0 Å². The number of nitrogens with zero attached hydrogens (tertiary/aromatic N) is 3. The Kier molecular flexibility index (Phi) is 3.07. The summed E-state index contributed by atoms with van der Waals surface area (Å²) in [6.45, 7) is 2.02. The molecule has 0 atom stereocenters. The number of hydrogen-bond donors (Lipinski definition) is 1. The van der Waals surface area contributed by atoms with E-state index in [1.807, 2.05) is 37.4 Å². The van der Waals surface area contributed by atoms with Crippen molar-refractivity contribution < 1.29 is 0 Å². The molecule has 86 valence electrons. The highest BCUT2D eigenvalue weighted by Gasteiger charge is 2.15. The second-order valence-corrected chi connectivity index (χ2v) is 4.42. The minimum atomic E-state index is 0.390. The molecular weight excluding hydrogens is 232 g/mol. The van der Waals surface area contributed by atoms with Crippen molar-refractivity contribution in [1.82, 2.24) is 9.78 Å². The van der Waals surface area contributed by atoms with Crippen molar-refractivity contribution in [1.29, 1.82) is 5.26 Å². The van der Waals surface area contributed by atoms with Crippen LogP contribution in [0.1, 0.15) is 11.1 Å². The fraction of sp³-hybridized carbons (Fsp3) is 0.167. The Morgan fingerprint density at radius 2 is 2.00 bits per heavy atom. The molecule has 2 N–H and O–H groups in total. The Morgan fingerprint density at radius 1 is 1.35 bits per heavy atom. The number of benzene rings is 1. The summed E-state index contributed by atoms with van der Waals surface area (Å²) < 4.78 is 1.60. The Bertz CT molecular complexity index is 578. The van der Waals surface area contributed by atoms with Gasteiger partial charge in [-0.3, -0.25) is 0 Å². The van der Waals surface area contributed by atoms with Crippen LogP contribution in [0, 0.1) is 18.3 Å². The molecule has 0 fully saturated rings. The lowest BCUT2D eigenvalue weighted by molar-refractivity contribution is 0.845.